The van der Waals surface area contributed by atoms with E-state index in [-0.39, 0.29) is 23.5 Å². The van der Waals surface area contributed by atoms with Gasteiger partial charge in [-0.15, -0.1) is 0 Å². The Hall–Kier alpha value is -3.48. The summed E-state index contributed by atoms with van der Waals surface area (Å²) < 4.78 is 15.9. The van der Waals surface area contributed by atoms with Crippen molar-refractivity contribution in [1.82, 2.24) is 19.6 Å². The van der Waals surface area contributed by atoms with E-state index >= 15 is 0 Å². The summed E-state index contributed by atoms with van der Waals surface area (Å²) in [6, 6.07) is 16.0. The molecule has 1 aromatic heterocycles. The third kappa shape index (κ3) is 5.13. The largest absolute Gasteiger partial charge is 0.341 e. The van der Waals surface area contributed by atoms with E-state index < -0.39 is 0 Å². The molecule has 2 heterocycles. The lowest BCUT2D eigenvalue weighted by Gasteiger charge is -2.24. The van der Waals surface area contributed by atoms with Crippen molar-refractivity contribution in [3.8, 4) is 11.1 Å². The number of rotatable bonds is 6. The molecule has 2 aromatic carbocycles. The van der Waals surface area contributed by atoms with E-state index in [1.165, 1.54) is 6.07 Å². The van der Waals surface area contributed by atoms with Crippen molar-refractivity contribution in [2.45, 2.75) is 19.8 Å². The van der Waals surface area contributed by atoms with Crippen molar-refractivity contribution in [2.75, 3.05) is 26.2 Å². The van der Waals surface area contributed by atoms with Crippen LogP contribution in [0.2, 0.25) is 0 Å². The molecule has 1 fully saturated rings. The summed E-state index contributed by atoms with van der Waals surface area (Å²) in [5.74, 6) is -0.750. The highest BCUT2D eigenvalue weighted by atomic mass is 19.1. The van der Waals surface area contributed by atoms with Crippen LogP contribution in [0.25, 0.3) is 11.1 Å². The first-order valence-corrected chi connectivity index (χ1v) is 11.4. The fourth-order valence-electron chi connectivity index (χ4n) is 4.41. The second-order valence-corrected chi connectivity index (χ2v) is 8.53. The molecular weight excluding hydrogens is 419 g/mol. The quantitative estimate of drug-likeness (QED) is 0.577. The first-order chi connectivity index (χ1) is 16.0. The number of aryl methyl sites for hydroxylation is 1. The summed E-state index contributed by atoms with van der Waals surface area (Å²) in [5, 5.41) is 4.24. The predicted molar refractivity (Wildman–Crippen MR) is 125 cm³/mol. The molecular formula is C26H29FN4O2. The molecule has 2 amide bonds. The Labute approximate surface area is 193 Å². The smallest absolute Gasteiger partial charge is 0.274 e. The van der Waals surface area contributed by atoms with Crippen LogP contribution in [0.4, 0.5) is 4.39 Å². The zero-order valence-corrected chi connectivity index (χ0v) is 19.1. The second-order valence-electron chi connectivity index (χ2n) is 8.53. The minimum atomic E-state index is -0.373. The number of carbonyl (C=O) groups excluding carboxylic acids is 2. The van der Waals surface area contributed by atoms with Crippen LogP contribution in [0.15, 0.2) is 60.8 Å². The highest BCUT2D eigenvalue weighted by Crippen LogP contribution is 2.25. The molecule has 1 aliphatic rings. The molecule has 3 aromatic rings. The molecule has 0 radical (unpaired) electrons. The Kier molecular flexibility index (Phi) is 6.87. The minimum Gasteiger partial charge on any atom is -0.341 e. The van der Waals surface area contributed by atoms with Crippen LogP contribution in [-0.2, 0) is 18.3 Å². The van der Waals surface area contributed by atoms with Crippen LogP contribution in [0.1, 0.15) is 29.4 Å². The first-order valence-electron chi connectivity index (χ1n) is 11.4. The van der Waals surface area contributed by atoms with Crippen molar-refractivity contribution in [2.24, 2.45) is 13.0 Å². The Morgan fingerprint density at radius 3 is 2.67 bits per heavy atom. The van der Waals surface area contributed by atoms with Gasteiger partial charge in [-0.1, -0.05) is 49.4 Å². The molecule has 4 rings (SSSR count). The van der Waals surface area contributed by atoms with E-state index in [1.54, 1.807) is 41.0 Å². The summed E-state index contributed by atoms with van der Waals surface area (Å²) in [5.41, 5.74) is 2.64. The van der Waals surface area contributed by atoms with E-state index in [2.05, 4.69) is 5.10 Å². The minimum absolute atomic E-state index is 0.0597. The number of halogens is 1. The van der Waals surface area contributed by atoms with E-state index in [0.717, 1.165) is 17.5 Å². The number of aromatic nitrogens is 2. The van der Waals surface area contributed by atoms with Crippen molar-refractivity contribution < 1.29 is 14.0 Å². The summed E-state index contributed by atoms with van der Waals surface area (Å²) >= 11 is 0. The van der Waals surface area contributed by atoms with Gasteiger partial charge < -0.3 is 9.80 Å². The Morgan fingerprint density at radius 1 is 1.12 bits per heavy atom. The highest BCUT2D eigenvalue weighted by Gasteiger charge is 2.33. The standard InChI is InChI=1S/C26H29FN4O2/c1-3-12-30-14-15-31(26(33)24-11-13-29(2)28-24)18-21(25(30)32)17-19-7-6-8-20(16-19)22-9-4-5-10-23(22)27/h4-11,13,16,21H,3,12,14-15,17-18H2,1-2H3. The molecule has 7 heteroatoms. The van der Waals surface area contributed by atoms with Crippen molar-refractivity contribution in [3.63, 3.8) is 0 Å². The van der Waals surface area contributed by atoms with Gasteiger partial charge in [0.05, 0.1) is 5.92 Å². The first kappa shape index (κ1) is 22.7. The Balaban J connectivity index is 1.59. The second kappa shape index (κ2) is 9.98. The van der Waals surface area contributed by atoms with E-state index in [0.29, 0.717) is 43.9 Å². The zero-order valence-electron chi connectivity index (χ0n) is 19.1. The molecule has 0 spiro atoms. The van der Waals surface area contributed by atoms with Gasteiger partial charge in [-0.3, -0.25) is 14.3 Å². The van der Waals surface area contributed by atoms with Crippen LogP contribution in [0.5, 0.6) is 0 Å². The maximum Gasteiger partial charge on any atom is 0.274 e. The lowest BCUT2D eigenvalue weighted by Crippen LogP contribution is -2.38. The SMILES string of the molecule is CCCN1CCN(C(=O)c2ccn(C)n2)CC(Cc2cccc(-c3ccccc3F)c2)C1=O. The third-order valence-corrected chi connectivity index (χ3v) is 6.05. The molecule has 33 heavy (non-hydrogen) atoms. The molecule has 0 N–H and O–H groups in total. The van der Waals surface area contributed by atoms with E-state index in [4.69, 9.17) is 0 Å². The number of benzene rings is 2. The maximum atomic E-state index is 14.3. The van der Waals surface area contributed by atoms with Crippen LogP contribution in [0.3, 0.4) is 0 Å². The predicted octanol–water partition coefficient (Wildman–Crippen LogP) is 3.78. The fraction of sp³-hybridized carbons (Fsp3) is 0.346. The fourth-order valence-corrected chi connectivity index (χ4v) is 4.41. The van der Waals surface area contributed by atoms with Crippen LogP contribution in [-0.4, -0.2) is 57.6 Å². The molecule has 6 nitrogen and oxygen atoms in total. The summed E-state index contributed by atoms with van der Waals surface area (Å²) in [6.45, 7) is 4.03. The molecule has 1 atom stereocenters. The zero-order chi connectivity index (χ0) is 23.4. The maximum absolute atomic E-state index is 14.3. The van der Waals surface area contributed by atoms with E-state index in [1.807, 2.05) is 42.2 Å². The summed E-state index contributed by atoms with van der Waals surface area (Å²) in [6.07, 6.45) is 3.08. The number of amides is 2. The molecule has 172 valence electrons. The highest BCUT2D eigenvalue weighted by molar-refractivity contribution is 5.93. The Bertz CT molecular complexity index is 1140. The number of carbonyl (C=O) groups is 2. The van der Waals surface area contributed by atoms with Gasteiger partial charge in [0.15, 0.2) is 0 Å². The van der Waals surface area contributed by atoms with Gasteiger partial charge in [-0.25, -0.2) is 4.39 Å². The van der Waals surface area contributed by atoms with Gasteiger partial charge in [-0.2, -0.15) is 5.10 Å². The van der Waals surface area contributed by atoms with Gasteiger partial charge in [0, 0.05) is 45.0 Å². The summed E-state index contributed by atoms with van der Waals surface area (Å²) in [4.78, 5) is 30.1. The average Bonchev–Trinajstić information content (AvgIpc) is 3.19. The van der Waals surface area contributed by atoms with Gasteiger partial charge in [0.25, 0.3) is 5.91 Å². The van der Waals surface area contributed by atoms with Crippen LogP contribution < -0.4 is 0 Å². The molecule has 0 bridgehead atoms. The number of nitrogens with zero attached hydrogens (tertiary/aromatic N) is 4. The van der Waals surface area contributed by atoms with Crippen molar-refractivity contribution >= 4 is 11.8 Å². The summed E-state index contributed by atoms with van der Waals surface area (Å²) in [7, 11) is 1.77. The van der Waals surface area contributed by atoms with Gasteiger partial charge in [0.2, 0.25) is 5.91 Å². The van der Waals surface area contributed by atoms with Gasteiger partial charge in [0.1, 0.15) is 11.5 Å². The monoisotopic (exact) mass is 448 g/mol. The number of hydrogen-bond donors (Lipinski definition) is 0. The molecule has 1 aliphatic heterocycles. The van der Waals surface area contributed by atoms with E-state index in [9.17, 15) is 14.0 Å². The van der Waals surface area contributed by atoms with Gasteiger partial charge in [-0.05, 0) is 36.1 Å². The van der Waals surface area contributed by atoms with Crippen molar-refractivity contribution in [3.05, 3.63) is 77.9 Å². The van der Waals surface area contributed by atoms with Crippen molar-refractivity contribution in [1.29, 1.82) is 0 Å². The third-order valence-electron chi connectivity index (χ3n) is 6.05. The number of hydrogen-bond acceptors (Lipinski definition) is 3. The van der Waals surface area contributed by atoms with Crippen LogP contribution >= 0.6 is 0 Å². The van der Waals surface area contributed by atoms with Gasteiger partial charge >= 0.3 is 0 Å². The van der Waals surface area contributed by atoms with Crippen LogP contribution in [0, 0.1) is 11.7 Å². The molecule has 1 saturated heterocycles. The topological polar surface area (TPSA) is 58.4 Å². The molecule has 0 saturated carbocycles. The molecule has 0 aliphatic carbocycles. The lowest BCUT2D eigenvalue weighted by molar-refractivity contribution is -0.134. The average molecular weight is 449 g/mol. The normalized spacial score (nSPS) is 16.7. The lowest BCUT2D eigenvalue weighted by atomic mass is 9.94. The molecule has 1 unspecified atom stereocenters. The Morgan fingerprint density at radius 2 is 1.94 bits per heavy atom.